The molecule has 0 saturated heterocycles. The highest BCUT2D eigenvalue weighted by atomic mass is 16.5. The molecule has 0 heterocycles. The molecule has 90 valence electrons. The van der Waals surface area contributed by atoms with E-state index in [-0.39, 0.29) is 18.0 Å². The molecular weight excluding hydrogens is 192 g/mol. The molecule has 3 heteroatoms. The fraction of sp³-hybridized carbons (Fsp3) is 0.917. The molecule has 0 saturated carbocycles. The Balaban J connectivity index is 4.17. The van der Waals surface area contributed by atoms with E-state index in [1.54, 1.807) is 0 Å². The number of ether oxygens (including phenoxy) is 1. The van der Waals surface area contributed by atoms with E-state index in [0.29, 0.717) is 12.3 Å². The van der Waals surface area contributed by atoms with Crippen molar-refractivity contribution in [1.29, 1.82) is 0 Å². The number of carbonyl (C=O) groups is 1. The Morgan fingerprint density at radius 1 is 1.20 bits per heavy atom. The van der Waals surface area contributed by atoms with Crippen molar-refractivity contribution in [1.82, 2.24) is 0 Å². The second kappa shape index (κ2) is 6.83. The Labute approximate surface area is 92.8 Å². The summed E-state index contributed by atoms with van der Waals surface area (Å²) in [7, 11) is 0. The minimum Gasteiger partial charge on any atom is -0.462 e. The quantitative estimate of drug-likeness (QED) is 0.693. The maximum atomic E-state index is 10.9. The van der Waals surface area contributed by atoms with Crippen LogP contribution >= 0.6 is 0 Å². The molecule has 0 radical (unpaired) electrons. The summed E-state index contributed by atoms with van der Waals surface area (Å²) in [6, 6.07) is 0. The molecule has 0 amide bonds. The van der Waals surface area contributed by atoms with E-state index in [1.165, 1.54) is 6.92 Å². The number of aliphatic hydroxyl groups excluding tert-OH is 1. The molecule has 0 bridgehead atoms. The van der Waals surface area contributed by atoms with Crippen molar-refractivity contribution >= 4 is 5.97 Å². The Bertz CT molecular complexity index is 187. The molecule has 3 nitrogen and oxygen atoms in total. The van der Waals surface area contributed by atoms with Crippen molar-refractivity contribution in [3.63, 3.8) is 0 Å². The van der Waals surface area contributed by atoms with Gasteiger partial charge in [0.1, 0.15) is 6.10 Å². The molecule has 1 N–H and O–H groups in total. The smallest absolute Gasteiger partial charge is 0.302 e. The van der Waals surface area contributed by atoms with Crippen molar-refractivity contribution < 1.29 is 14.6 Å². The number of aliphatic hydroxyl groups is 1. The zero-order valence-electron chi connectivity index (χ0n) is 10.5. The van der Waals surface area contributed by atoms with Crippen molar-refractivity contribution in [3.8, 4) is 0 Å². The van der Waals surface area contributed by atoms with E-state index < -0.39 is 6.10 Å². The first-order valence-electron chi connectivity index (χ1n) is 5.68. The van der Waals surface area contributed by atoms with Gasteiger partial charge in [0.05, 0.1) is 6.10 Å². The van der Waals surface area contributed by atoms with Crippen molar-refractivity contribution in [3.05, 3.63) is 0 Å². The first-order chi connectivity index (χ1) is 6.82. The summed E-state index contributed by atoms with van der Waals surface area (Å²) in [5, 5.41) is 9.73. The molecule has 0 aromatic heterocycles. The predicted octanol–water partition coefficient (Wildman–Crippen LogP) is 2.37. The normalized spacial score (nSPS) is 15.5. The van der Waals surface area contributed by atoms with Gasteiger partial charge in [0, 0.05) is 13.3 Å². The average Bonchev–Trinajstić information content (AvgIpc) is 2.00. The number of esters is 1. The maximum absolute atomic E-state index is 10.9. The summed E-state index contributed by atoms with van der Waals surface area (Å²) in [5.41, 5.74) is 0. The van der Waals surface area contributed by atoms with Crippen LogP contribution in [-0.4, -0.2) is 23.3 Å². The monoisotopic (exact) mass is 216 g/mol. The summed E-state index contributed by atoms with van der Waals surface area (Å²) < 4.78 is 5.18. The summed E-state index contributed by atoms with van der Waals surface area (Å²) >= 11 is 0. The Hall–Kier alpha value is -0.570. The molecule has 0 fully saturated rings. The second-order valence-electron chi connectivity index (χ2n) is 4.91. The van der Waals surface area contributed by atoms with Crippen LogP contribution < -0.4 is 0 Å². The molecule has 0 spiro atoms. The largest absolute Gasteiger partial charge is 0.462 e. The fourth-order valence-electron chi connectivity index (χ4n) is 1.49. The van der Waals surface area contributed by atoms with Gasteiger partial charge in [0.2, 0.25) is 0 Å². The molecule has 0 rings (SSSR count). The topological polar surface area (TPSA) is 46.5 Å². The van der Waals surface area contributed by atoms with Gasteiger partial charge in [-0.15, -0.1) is 0 Å². The van der Waals surface area contributed by atoms with Crippen molar-refractivity contribution in [2.45, 2.75) is 59.7 Å². The van der Waals surface area contributed by atoms with Gasteiger partial charge in [0.25, 0.3) is 0 Å². The number of rotatable bonds is 6. The Morgan fingerprint density at radius 2 is 1.73 bits per heavy atom. The molecule has 2 atom stereocenters. The van der Waals surface area contributed by atoms with E-state index in [2.05, 4.69) is 13.8 Å². The van der Waals surface area contributed by atoms with Crippen LogP contribution in [0, 0.1) is 11.8 Å². The highest BCUT2D eigenvalue weighted by Gasteiger charge is 2.20. The van der Waals surface area contributed by atoms with Crippen molar-refractivity contribution in [2.75, 3.05) is 0 Å². The first-order valence-corrected chi connectivity index (χ1v) is 5.68. The SMILES string of the molecule is CC(=O)OC(CC(C)C)CC(O)C(C)C. The van der Waals surface area contributed by atoms with Gasteiger partial charge in [-0.25, -0.2) is 0 Å². The third-order valence-electron chi connectivity index (χ3n) is 2.34. The van der Waals surface area contributed by atoms with Crippen molar-refractivity contribution in [2.24, 2.45) is 11.8 Å². The van der Waals surface area contributed by atoms with E-state index in [1.807, 2.05) is 13.8 Å². The van der Waals surface area contributed by atoms with Gasteiger partial charge in [-0.1, -0.05) is 27.7 Å². The number of hydrogen-bond acceptors (Lipinski definition) is 3. The van der Waals surface area contributed by atoms with Crippen LogP contribution in [0.25, 0.3) is 0 Å². The van der Waals surface area contributed by atoms with E-state index in [4.69, 9.17) is 4.74 Å². The second-order valence-corrected chi connectivity index (χ2v) is 4.91. The minimum atomic E-state index is -0.395. The maximum Gasteiger partial charge on any atom is 0.302 e. The molecule has 2 unspecified atom stereocenters. The van der Waals surface area contributed by atoms with Crippen LogP contribution in [0.2, 0.25) is 0 Å². The van der Waals surface area contributed by atoms with E-state index in [9.17, 15) is 9.90 Å². The van der Waals surface area contributed by atoms with Gasteiger partial charge in [-0.05, 0) is 18.3 Å². The molecule has 0 aliphatic rings. The predicted molar refractivity (Wildman–Crippen MR) is 60.5 cm³/mol. The Morgan fingerprint density at radius 3 is 2.07 bits per heavy atom. The Kier molecular flexibility index (Phi) is 6.57. The van der Waals surface area contributed by atoms with Gasteiger partial charge in [-0.2, -0.15) is 0 Å². The number of carbonyl (C=O) groups excluding carboxylic acids is 1. The zero-order valence-corrected chi connectivity index (χ0v) is 10.5. The summed E-state index contributed by atoms with van der Waals surface area (Å²) in [5.74, 6) is 0.403. The zero-order chi connectivity index (χ0) is 12.0. The highest BCUT2D eigenvalue weighted by molar-refractivity contribution is 5.66. The van der Waals surface area contributed by atoms with Crippen LogP contribution in [0.4, 0.5) is 0 Å². The molecule has 0 aromatic carbocycles. The highest BCUT2D eigenvalue weighted by Crippen LogP contribution is 2.17. The van der Waals surface area contributed by atoms with Gasteiger partial charge >= 0.3 is 5.97 Å². The molecule has 15 heavy (non-hydrogen) atoms. The molecule has 0 aromatic rings. The molecular formula is C12H24O3. The minimum absolute atomic E-state index is 0.153. The molecule has 0 aliphatic heterocycles. The lowest BCUT2D eigenvalue weighted by atomic mass is 9.96. The van der Waals surface area contributed by atoms with Gasteiger partial charge in [0.15, 0.2) is 0 Å². The average molecular weight is 216 g/mol. The standard InChI is InChI=1S/C12H24O3/c1-8(2)6-11(15-10(5)13)7-12(14)9(3)4/h8-9,11-12,14H,6-7H2,1-5H3. The van der Waals surface area contributed by atoms with E-state index >= 15 is 0 Å². The van der Waals surface area contributed by atoms with Gasteiger partial charge < -0.3 is 9.84 Å². The van der Waals surface area contributed by atoms with Crippen LogP contribution in [0.1, 0.15) is 47.5 Å². The lowest BCUT2D eigenvalue weighted by Gasteiger charge is -2.23. The lowest BCUT2D eigenvalue weighted by molar-refractivity contribution is -0.148. The van der Waals surface area contributed by atoms with Gasteiger partial charge in [-0.3, -0.25) is 4.79 Å². The third-order valence-corrected chi connectivity index (χ3v) is 2.34. The number of hydrogen-bond donors (Lipinski definition) is 1. The summed E-state index contributed by atoms with van der Waals surface area (Å²) in [4.78, 5) is 10.9. The van der Waals surface area contributed by atoms with E-state index in [0.717, 1.165) is 6.42 Å². The van der Waals surface area contributed by atoms with Crippen LogP contribution in [0.3, 0.4) is 0 Å². The lowest BCUT2D eigenvalue weighted by Crippen LogP contribution is -2.27. The van der Waals surface area contributed by atoms with Crippen LogP contribution in [0.5, 0.6) is 0 Å². The summed E-state index contributed by atoms with van der Waals surface area (Å²) in [6.45, 7) is 9.50. The van der Waals surface area contributed by atoms with Crippen LogP contribution in [0.15, 0.2) is 0 Å². The van der Waals surface area contributed by atoms with Crippen LogP contribution in [-0.2, 0) is 9.53 Å². The molecule has 0 aliphatic carbocycles. The first kappa shape index (κ1) is 14.4. The fourth-order valence-corrected chi connectivity index (χ4v) is 1.49. The summed E-state index contributed by atoms with van der Waals surface area (Å²) in [6.07, 6.45) is 0.798. The third kappa shape index (κ3) is 7.37.